The maximum atomic E-state index is 13.1. The Morgan fingerprint density at radius 3 is 2.26 bits per heavy atom. The van der Waals surface area contributed by atoms with Gasteiger partial charge in [-0.15, -0.1) is 0 Å². The number of rotatable bonds is 3. The van der Waals surface area contributed by atoms with Gasteiger partial charge in [0.05, 0.1) is 15.3 Å². The van der Waals surface area contributed by atoms with E-state index in [2.05, 4.69) is 4.72 Å². The first-order chi connectivity index (χ1) is 12.8. The zero-order valence-corrected chi connectivity index (χ0v) is 16.6. The number of anilines is 1. The van der Waals surface area contributed by atoms with Crippen molar-refractivity contribution in [2.24, 2.45) is 0 Å². The van der Waals surface area contributed by atoms with Crippen LogP contribution in [0, 0.1) is 20.8 Å². The summed E-state index contributed by atoms with van der Waals surface area (Å²) >= 11 is 0.954. The second-order valence-electron chi connectivity index (χ2n) is 6.58. The first-order valence-corrected chi connectivity index (χ1v) is 10.6. The number of sulfonamides is 1. The van der Waals surface area contributed by atoms with Crippen molar-refractivity contribution >= 4 is 48.1 Å². The summed E-state index contributed by atoms with van der Waals surface area (Å²) in [6.07, 6.45) is 0. The fourth-order valence-electron chi connectivity index (χ4n) is 3.57. The zero-order chi connectivity index (χ0) is 19.3. The molecule has 3 aromatic carbocycles. The Labute approximate surface area is 160 Å². The average Bonchev–Trinajstić information content (AvgIpc) is 2.94. The molecule has 5 nitrogen and oxygen atoms in total. The van der Waals surface area contributed by atoms with Crippen molar-refractivity contribution < 1.29 is 12.8 Å². The Balaban J connectivity index is 1.94. The zero-order valence-electron chi connectivity index (χ0n) is 15.0. The van der Waals surface area contributed by atoms with E-state index in [1.165, 1.54) is 0 Å². The van der Waals surface area contributed by atoms with Crippen LogP contribution in [0.1, 0.15) is 16.7 Å². The Morgan fingerprint density at radius 1 is 0.963 bits per heavy atom. The second kappa shape index (κ2) is 6.21. The molecule has 0 radical (unpaired) electrons. The molecular formula is C20H17NO4S2. The van der Waals surface area contributed by atoms with Crippen LogP contribution in [0.5, 0.6) is 0 Å². The molecule has 0 bridgehead atoms. The molecule has 4 rings (SSSR count). The van der Waals surface area contributed by atoms with Gasteiger partial charge in [0.2, 0.25) is 0 Å². The average molecular weight is 399 g/mol. The number of hydrogen-bond donors (Lipinski definition) is 1. The maximum Gasteiger partial charge on any atom is 0.396 e. The molecule has 0 aliphatic heterocycles. The van der Waals surface area contributed by atoms with Gasteiger partial charge in [-0.1, -0.05) is 53.3 Å². The first-order valence-electron chi connectivity index (χ1n) is 8.32. The quantitative estimate of drug-likeness (QED) is 0.540. The molecule has 0 unspecified atom stereocenters. The molecule has 0 fully saturated rings. The van der Waals surface area contributed by atoms with Gasteiger partial charge in [-0.2, -0.15) is 0 Å². The third-order valence-electron chi connectivity index (χ3n) is 4.46. The second-order valence-corrected chi connectivity index (χ2v) is 9.18. The lowest BCUT2D eigenvalue weighted by Crippen LogP contribution is -2.16. The minimum absolute atomic E-state index is 0.276. The normalized spacial score (nSPS) is 12.0. The van der Waals surface area contributed by atoms with Gasteiger partial charge >= 0.3 is 4.94 Å². The van der Waals surface area contributed by atoms with Crippen LogP contribution in [0.15, 0.2) is 56.6 Å². The SMILES string of the molecule is Cc1cc(C)c(S(=O)(=O)Nc2cc3sc(=O)oc3c3ccccc23)c(C)c1. The topological polar surface area (TPSA) is 76.4 Å². The van der Waals surface area contributed by atoms with E-state index < -0.39 is 15.0 Å². The Bertz CT molecular complexity index is 1340. The monoisotopic (exact) mass is 399 g/mol. The molecule has 138 valence electrons. The molecule has 1 heterocycles. The van der Waals surface area contributed by atoms with Crippen LogP contribution in [0.2, 0.25) is 0 Å². The largest absolute Gasteiger partial charge is 0.413 e. The molecule has 0 amide bonds. The third kappa shape index (κ3) is 3.02. The van der Waals surface area contributed by atoms with Crippen LogP contribution in [0.4, 0.5) is 5.69 Å². The van der Waals surface area contributed by atoms with Crippen molar-refractivity contribution in [3.05, 3.63) is 68.9 Å². The van der Waals surface area contributed by atoms with Crippen LogP contribution in [0.25, 0.3) is 21.1 Å². The highest BCUT2D eigenvalue weighted by atomic mass is 32.2. The van der Waals surface area contributed by atoms with Crippen molar-refractivity contribution in [1.82, 2.24) is 0 Å². The molecular weight excluding hydrogens is 382 g/mol. The van der Waals surface area contributed by atoms with Crippen LogP contribution in [-0.2, 0) is 10.0 Å². The molecule has 27 heavy (non-hydrogen) atoms. The maximum absolute atomic E-state index is 13.1. The summed E-state index contributed by atoms with van der Waals surface area (Å²) in [4.78, 5) is 11.5. The molecule has 1 aromatic heterocycles. The number of nitrogens with one attached hydrogen (secondary N) is 1. The smallest absolute Gasteiger partial charge is 0.396 e. The lowest BCUT2D eigenvalue weighted by Gasteiger charge is -2.15. The highest BCUT2D eigenvalue weighted by Crippen LogP contribution is 2.35. The Kier molecular flexibility index (Phi) is 4.09. The van der Waals surface area contributed by atoms with Crippen molar-refractivity contribution in [3.63, 3.8) is 0 Å². The van der Waals surface area contributed by atoms with Crippen LogP contribution in [0.3, 0.4) is 0 Å². The summed E-state index contributed by atoms with van der Waals surface area (Å²) in [6, 6.07) is 12.6. The summed E-state index contributed by atoms with van der Waals surface area (Å²) < 4.78 is 34.9. The molecule has 0 spiro atoms. The Morgan fingerprint density at radius 2 is 1.59 bits per heavy atom. The molecule has 1 N–H and O–H groups in total. The van der Waals surface area contributed by atoms with Gasteiger partial charge in [0, 0.05) is 10.8 Å². The van der Waals surface area contributed by atoms with E-state index in [1.807, 2.05) is 37.3 Å². The fraction of sp³-hybridized carbons (Fsp3) is 0.150. The van der Waals surface area contributed by atoms with E-state index in [9.17, 15) is 13.2 Å². The van der Waals surface area contributed by atoms with Crippen LogP contribution >= 0.6 is 11.3 Å². The number of benzene rings is 3. The lowest BCUT2D eigenvalue weighted by atomic mass is 10.1. The van der Waals surface area contributed by atoms with Gasteiger partial charge in [-0.25, -0.2) is 13.2 Å². The third-order valence-corrected chi connectivity index (χ3v) is 6.90. The highest BCUT2D eigenvalue weighted by molar-refractivity contribution is 7.92. The summed E-state index contributed by atoms with van der Waals surface area (Å²) in [6.45, 7) is 5.52. The van der Waals surface area contributed by atoms with E-state index >= 15 is 0 Å². The summed E-state index contributed by atoms with van der Waals surface area (Å²) in [7, 11) is -3.80. The van der Waals surface area contributed by atoms with Crippen molar-refractivity contribution in [3.8, 4) is 0 Å². The van der Waals surface area contributed by atoms with Gasteiger partial charge in [-0.3, -0.25) is 4.72 Å². The van der Waals surface area contributed by atoms with Crippen LogP contribution in [-0.4, -0.2) is 8.42 Å². The highest BCUT2D eigenvalue weighted by Gasteiger charge is 2.22. The minimum atomic E-state index is -3.80. The standard InChI is InChI=1S/C20H17NO4S2/c1-11-8-12(2)19(13(3)9-11)27(23,24)21-16-10-17-18(25-20(22)26-17)15-7-5-4-6-14(15)16/h4-10,21H,1-3H3. The molecule has 0 saturated carbocycles. The Hall–Kier alpha value is -2.64. The minimum Gasteiger partial charge on any atom is -0.413 e. The molecule has 4 aromatic rings. The fourth-order valence-corrected chi connectivity index (χ4v) is 5.82. The van der Waals surface area contributed by atoms with E-state index in [-0.39, 0.29) is 4.90 Å². The first kappa shape index (κ1) is 17.8. The van der Waals surface area contributed by atoms with E-state index in [4.69, 9.17) is 4.42 Å². The molecule has 0 atom stereocenters. The van der Waals surface area contributed by atoms with Gasteiger partial charge in [0.15, 0.2) is 5.58 Å². The van der Waals surface area contributed by atoms with Crippen LogP contribution < -0.4 is 9.66 Å². The molecule has 7 heteroatoms. The number of hydrogen-bond acceptors (Lipinski definition) is 5. The summed E-state index contributed by atoms with van der Waals surface area (Å²) in [5.74, 6) is 0. The number of aryl methyl sites for hydroxylation is 3. The predicted molar refractivity (Wildman–Crippen MR) is 109 cm³/mol. The van der Waals surface area contributed by atoms with Crippen molar-refractivity contribution in [2.45, 2.75) is 25.7 Å². The molecule has 0 saturated heterocycles. The molecule has 0 aliphatic carbocycles. The van der Waals surface area contributed by atoms with E-state index in [1.54, 1.807) is 26.0 Å². The van der Waals surface area contributed by atoms with Gasteiger partial charge in [-0.05, 0) is 38.0 Å². The van der Waals surface area contributed by atoms with Gasteiger partial charge < -0.3 is 4.42 Å². The number of fused-ring (bicyclic) bond motifs is 3. The van der Waals surface area contributed by atoms with Crippen molar-refractivity contribution in [2.75, 3.05) is 4.72 Å². The summed E-state index contributed by atoms with van der Waals surface area (Å²) in [5, 5.41) is 1.38. The van der Waals surface area contributed by atoms with E-state index in [0.29, 0.717) is 37.9 Å². The van der Waals surface area contributed by atoms with Gasteiger partial charge in [0.1, 0.15) is 0 Å². The summed E-state index contributed by atoms with van der Waals surface area (Å²) in [5.41, 5.74) is 3.30. The van der Waals surface area contributed by atoms with Gasteiger partial charge in [0.25, 0.3) is 10.0 Å². The predicted octanol–water partition coefficient (Wildman–Crippen LogP) is 4.73. The lowest BCUT2D eigenvalue weighted by molar-refractivity contribution is 0.588. The van der Waals surface area contributed by atoms with E-state index in [0.717, 1.165) is 16.9 Å². The van der Waals surface area contributed by atoms with Crippen molar-refractivity contribution in [1.29, 1.82) is 0 Å². The molecule has 0 aliphatic rings.